The zero-order valence-corrected chi connectivity index (χ0v) is 14.9. The number of Topliss-reactive ketones (excluding diaryl/α,β-unsaturated/α-hetero) is 1. The van der Waals surface area contributed by atoms with Gasteiger partial charge in [0, 0.05) is 11.8 Å². The largest absolute Gasteiger partial charge is 0.389 e. The van der Waals surface area contributed by atoms with E-state index in [9.17, 15) is 14.7 Å². The van der Waals surface area contributed by atoms with Gasteiger partial charge in [-0.3, -0.25) is 9.59 Å². The molecule has 1 unspecified atom stereocenters. The van der Waals surface area contributed by atoms with Gasteiger partial charge in [0.25, 0.3) is 0 Å². The van der Waals surface area contributed by atoms with E-state index in [0.29, 0.717) is 12.3 Å². The van der Waals surface area contributed by atoms with E-state index in [1.54, 1.807) is 5.57 Å². The highest BCUT2D eigenvalue weighted by Gasteiger charge is 2.72. The average Bonchev–Trinajstić information content (AvgIpc) is 3.05. The highest BCUT2D eigenvalue weighted by molar-refractivity contribution is 5.93. The predicted molar refractivity (Wildman–Crippen MR) is 94.7 cm³/mol. The van der Waals surface area contributed by atoms with Crippen LogP contribution in [0.1, 0.15) is 58.3 Å². The lowest BCUT2D eigenvalue weighted by Gasteiger charge is -2.55. The molecule has 132 valence electrons. The van der Waals surface area contributed by atoms with Gasteiger partial charge in [0.15, 0.2) is 11.6 Å². The molecule has 2 fully saturated rings. The van der Waals surface area contributed by atoms with Crippen LogP contribution in [-0.4, -0.2) is 23.3 Å². The Bertz CT molecular complexity index is 785. The van der Waals surface area contributed by atoms with Gasteiger partial charge in [0.05, 0.1) is 5.41 Å². The van der Waals surface area contributed by atoms with Gasteiger partial charge in [-0.15, -0.1) is 0 Å². The van der Waals surface area contributed by atoms with Gasteiger partial charge in [-0.1, -0.05) is 24.6 Å². The standard InChI is InChI=1S/C22H26O3/c1-20-7-6-17-16-4-3-15(24)12-14(16)2-5-18(17)21(20)8-10-22(20,11-9-21)19(25)13-23/h8,10,12,18,23H,2-7,9,11,13H2,1H3/t18-,20+,21?,22+/m1/s1. The number of carbonyl (C=O) groups is 2. The summed E-state index contributed by atoms with van der Waals surface area (Å²) in [4.78, 5) is 24.5. The number of ketones is 2. The quantitative estimate of drug-likeness (QED) is 0.782. The minimum absolute atomic E-state index is 0.0152. The topological polar surface area (TPSA) is 54.4 Å². The monoisotopic (exact) mass is 338 g/mol. The van der Waals surface area contributed by atoms with Gasteiger partial charge >= 0.3 is 0 Å². The van der Waals surface area contributed by atoms with Crippen LogP contribution in [0.2, 0.25) is 0 Å². The molecule has 0 radical (unpaired) electrons. The second-order valence-electron chi connectivity index (χ2n) is 8.99. The highest BCUT2D eigenvalue weighted by Crippen LogP contribution is 2.77. The number of allylic oxidation sites excluding steroid dienone is 6. The molecule has 0 aliphatic heterocycles. The summed E-state index contributed by atoms with van der Waals surface area (Å²) in [5.74, 6) is 0.811. The Morgan fingerprint density at radius 2 is 2.00 bits per heavy atom. The van der Waals surface area contributed by atoms with Gasteiger partial charge in [-0.05, 0) is 73.5 Å². The zero-order valence-electron chi connectivity index (χ0n) is 14.9. The molecule has 5 aliphatic rings. The van der Waals surface area contributed by atoms with Gasteiger partial charge in [-0.25, -0.2) is 0 Å². The first kappa shape index (κ1) is 15.7. The molecule has 1 N–H and O–H groups in total. The third-order valence-corrected chi connectivity index (χ3v) is 8.62. The zero-order chi connectivity index (χ0) is 17.4. The first-order valence-electron chi connectivity index (χ1n) is 9.78. The van der Waals surface area contributed by atoms with Crippen molar-refractivity contribution in [3.05, 3.63) is 34.9 Å². The van der Waals surface area contributed by atoms with Crippen LogP contribution in [0.3, 0.4) is 0 Å². The fourth-order valence-electron chi connectivity index (χ4n) is 7.32. The van der Waals surface area contributed by atoms with Crippen molar-refractivity contribution >= 4 is 11.6 Å². The van der Waals surface area contributed by atoms with Gasteiger partial charge in [0.2, 0.25) is 0 Å². The number of fused-ring (bicyclic) bond motifs is 2. The Kier molecular flexibility index (Phi) is 3.04. The summed E-state index contributed by atoms with van der Waals surface area (Å²) in [7, 11) is 0. The molecule has 0 spiro atoms. The molecule has 5 aliphatic carbocycles. The molecule has 0 aromatic heterocycles. The maximum atomic E-state index is 12.7. The SMILES string of the molecule is C[C@]12CCC3=C4CCC(=O)C=C4CC[C@H]3C13C=C[C@@]2(C(=O)CO)CC3. The average molecular weight is 338 g/mol. The normalized spacial score (nSPS) is 44.3. The van der Waals surface area contributed by atoms with Gasteiger partial charge in [-0.2, -0.15) is 0 Å². The third kappa shape index (κ3) is 1.62. The number of carbonyl (C=O) groups excluding carboxylic acids is 2. The number of rotatable bonds is 2. The van der Waals surface area contributed by atoms with Crippen molar-refractivity contribution in [2.24, 2.45) is 22.2 Å². The molecule has 0 heterocycles. The molecule has 0 amide bonds. The molecule has 3 nitrogen and oxygen atoms in total. The fraction of sp³-hybridized carbons (Fsp3) is 0.636. The second kappa shape index (κ2) is 4.82. The summed E-state index contributed by atoms with van der Waals surface area (Å²) >= 11 is 0. The van der Waals surface area contributed by atoms with Crippen molar-refractivity contribution in [1.29, 1.82) is 0 Å². The van der Waals surface area contributed by atoms with Crippen LogP contribution in [0.25, 0.3) is 0 Å². The van der Waals surface area contributed by atoms with Gasteiger partial charge < -0.3 is 5.11 Å². The van der Waals surface area contributed by atoms with Crippen LogP contribution in [0.15, 0.2) is 34.9 Å². The molecule has 2 saturated carbocycles. The van der Waals surface area contributed by atoms with Crippen molar-refractivity contribution in [3.63, 3.8) is 0 Å². The fourth-order valence-corrected chi connectivity index (χ4v) is 7.32. The minimum Gasteiger partial charge on any atom is -0.389 e. The van der Waals surface area contributed by atoms with Crippen molar-refractivity contribution in [2.45, 2.75) is 58.3 Å². The highest BCUT2D eigenvalue weighted by atomic mass is 16.3. The maximum Gasteiger partial charge on any atom is 0.168 e. The molecule has 4 atom stereocenters. The summed E-state index contributed by atoms with van der Waals surface area (Å²) < 4.78 is 0. The van der Waals surface area contributed by atoms with Crippen molar-refractivity contribution in [1.82, 2.24) is 0 Å². The Labute approximate surface area is 148 Å². The van der Waals surface area contributed by atoms with Crippen molar-refractivity contribution in [2.75, 3.05) is 6.61 Å². The van der Waals surface area contributed by atoms with E-state index in [1.807, 2.05) is 6.08 Å². The molecule has 0 aromatic rings. The van der Waals surface area contributed by atoms with Crippen molar-refractivity contribution in [3.8, 4) is 0 Å². The van der Waals surface area contributed by atoms with Crippen LogP contribution >= 0.6 is 0 Å². The van der Waals surface area contributed by atoms with E-state index >= 15 is 0 Å². The molecule has 0 aromatic carbocycles. The van der Waals surface area contributed by atoms with Crippen LogP contribution in [0.5, 0.6) is 0 Å². The Morgan fingerprint density at radius 1 is 1.16 bits per heavy atom. The van der Waals surface area contributed by atoms with E-state index in [-0.39, 0.29) is 29.0 Å². The van der Waals surface area contributed by atoms with Crippen LogP contribution in [0, 0.1) is 22.2 Å². The maximum absolute atomic E-state index is 12.7. The van der Waals surface area contributed by atoms with E-state index in [4.69, 9.17) is 0 Å². The number of aliphatic hydroxyl groups is 1. The molecule has 25 heavy (non-hydrogen) atoms. The lowest BCUT2D eigenvalue weighted by molar-refractivity contribution is -0.136. The number of hydrogen-bond acceptors (Lipinski definition) is 3. The summed E-state index contributed by atoms with van der Waals surface area (Å²) in [6.45, 7) is 1.97. The van der Waals surface area contributed by atoms with E-state index in [2.05, 4.69) is 19.1 Å². The second-order valence-corrected chi connectivity index (χ2v) is 8.99. The smallest absolute Gasteiger partial charge is 0.168 e. The predicted octanol–water partition coefficient (Wildman–Crippen LogP) is 3.68. The molecule has 3 heteroatoms. The Balaban J connectivity index is 1.63. The third-order valence-electron chi connectivity index (χ3n) is 8.62. The summed E-state index contributed by atoms with van der Waals surface area (Å²) in [6, 6.07) is 0. The van der Waals surface area contributed by atoms with E-state index < -0.39 is 5.41 Å². The number of aliphatic hydroxyl groups excluding tert-OH is 1. The lowest BCUT2D eigenvalue weighted by Crippen LogP contribution is -2.51. The first-order chi connectivity index (χ1) is 12.0. The molecular weight excluding hydrogens is 312 g/mol. The molecule has 0 saturated heterocycles. The molecule has 5 rings (SSSR count). The van der Waals surface area contributed by atoms with Crippen LogP contribution in [-0.2, 0) is 9.59 Å². The molecule has 2 bridgehead atoms. The first-order valence-corrected chi connectivity index (χ1v) is 9.78. The van der Waals surface area contributed by atoms with E-state index in [0.717, 1.165) is 44.9 Å². The lowest BCUT2D eigenvalue weighted by atomic mass is 9.48. The summed E-state index contributed by atoms with van der Waals surface area (Å²) in [6.07, 6.45) is 14.1. The summed E-state index contributed by atoms with van der Waals surface area (Å²) in [5, 5.41) is 9.59. The Hall–Kier alpha value is -1.48. The summed E-state index contributed by atoms with van der Waals surface area (Å²) in [5.41, 5.74) is 3.92. The van der Waals surface area contributed by atoms with Crippen molar-refractivity contribution < 1.29 is 14.7 Å². The van der Waals surface area contributed by atoms with Crippen LogP contribution < -0.4 is 0 Å². The van der Waals surface area contributed by atoms with Crippen LogP contribution in [0.4, 0.5) is 0 Å². The minimum atomic E-state index is -0.448. The molecular formula is C22H26O3. The van der Waals surface area contributed by atoms with E-state index in [1.165, 1.54) is 11.1 Å². The Morgan fingerprint density at radius 3 is 2.72 bits per heavy atom. The van der Waals surface area contributed by atoms with Gasteiger partial charge in [0.1, 0.15) is 6.61 Å². The number of hydrogen-bond donors (Lipinski definition) is 1.